The molecule has 3 rings (SSSR count). The second kappa shape index (κ2) is 7.04. The summed E-state index contributed by atoms with van der Waals surface area (Å²) in [5, 5.41) is 5.70. The summed E-state index contributed by atoms with van der Waals surface area (Å²) >= 11 is 3.47. The molecule has 2 amide bonds. The van der Waals surface area contributed by atoms with E-state index < -0.39 is 0 Å². The average Bonchev–Trinajstić information content (AvgIpc) is 3.06. The minimum atomic E-state index is -0.241. The molecule has 1 heterocycles. The molecular formula is C18H20BrN3O. The fourth-order valence-electron chi connectivity index (χ4n) is 2.69. The van der Waals surface area contributed by atoms with E-state index in [0.29, 0.717) is 0 Å². The van der Waals surface area contributed by atoms with Crippen LogP contribution >= 0.6 is 15.9 Å². The predicted molar refractivity (Wildman–Crippen MR) is 99.4 cm³/mol. The van der Waals surface area contributed by atoms with Crippen molar-refractivity contribution < 1.29 is 4.79 Å². The number of urea groups is 1. The van der Waals surface area contributed by atoms with Gasteiger partial charge in [0.1, 0.15) is 0 Å². The number of hydrogen-bond donors (Lipinski definition) is 2. The highest BCUT2D eigenvalue weighted by molar-refractivity contribution is 9.10. The Kier molecular flexibility index (Phi) is 4.86. The Morgan fingerprint density at radius 3 is 2.26 bits per heavy atom. The van der Waals surface area contributed by atoms with Crippen LogP contribution in [0.1, 0.15) is 18.4 Å². The molecule has 1 aliphatic rings. The molecule has 0 aliphatic carbocycles. The molecule has 0 spiro atoms. The van der Waals surface area contributed by atoms with Crippen molar-refractivity contribution in [3.63, 3.8) is 0 Å². The number of hydrogen-bond acceptors (Lipinski definition) is 2. The molecule has 120 valence electrons. The molecule has 2 aromatic rings. The summed E-state index contributed by atoms with van der Waals surface area (Å²) in [7, 11) is 0. The van der Waals surface area contributed by atoms with Crippen LogP contribution in [0, 0.1) is 6.92 Å². The number of rotatable bonds is 3. The summed E-state index contributed by atoms with van der Waals surface area (Å²) < 4.78 is 0.977. The summed E-state index contributed by atoms with van der Waals surface area (Å²) in [5.74, 6) is 0. The molecule has 0 bridgehead atoms. The van der Waals surface area contributed by atoms with Gasteiger partial charge in [-0.15, -0.1) is 0 Å². The fourth-order valence-corrected chi connectivity index (χ4v) is 3.07. The summed E-state index contributed by atoms with van der Waals surface area (Å²) in [6, 6.07) is 13.5. The Balaban J connectivity index is 1.59. The van der Waals surface area contributed by atoms with E-state index in [2.05, 4.69) is 43.6 Å². The lowest BCUT2D eigenvalue weighted by atomic mass is 10.2. The van der Waals surface area contributed by atoms with Gasteiger partial charge >= 0.3 is 6.03 Å². The van der Waals surface area contributed by atoms with Crippen molar-refractivity contribution in [2.24, 2.45) is 0 Å². The van der Waals surface area contributed by atoms with Gasteiger partial charge in [-0.05, 0) is 61.7 Å². The van der Waals surface area contributed by atoms with Crippen molar-refractivity contribution in [2.45, 2.75) is 19.8 Å². The quantitative estimate of drug-likeness (QED) is 0.794. The molecule has 0 saturated carbocycles. The second-order valence-corrected chi connectivity index (χ2v) is 6.64. The molecule has 1 aliphatic heterocycles. The number of nitrogens with one attached hydrogen (secondary N) is 2. The van der Waals surface area contributed by atoms with E-state index in [0.717, 1.165) is 34.5 Å². The third kappa shape index (κ3) is 4.05. The third-order valence-electron chi connectivity index (χ3n) is 4.03. The van der Waals surface area contributed by atoms with E-state index >= 15 is 0 Å². The second-order valence-electron chi connectivity index (χ2n) is 5.78. The van der Waals surface area contributed by atoms with E-state index in [1.54, 1.807) is 0 Å². The van der Waals surface area contributed by atoms with Gasteiger partial charge < -0.3 is 15.5 Å². The van der Waals surface area contributed by atoms with Crippen LogP contribution in [0.5, 0.6) is 0 Å². The Bertz CT molecular complexity index is 694. The molecule has 2 aromatic carbocycles. The molecule has 1 saturated heterocycles. The lowest BCUT2D eigenvalue weighted by Crippen LogP contribution is -2.20. The first kappa shape index (κ1) is 15.9. The van der Waals surface area contributed by atoms with Gasteiger partial charge in [0.05, 0.1) is 0 Å². The summed E-state index contributed by atoms with van der Waals surface area (Å²) in [6.07, 6.45) is 2.52. The van der Waals surface area contributed by atoms with Gasteiger partial charge in [0.25, 0.3) is 0 Å². The van der Waals surface area contributed by atoms with E-state index in [4.69, 9.17) is 0 Å². The van der Waals surface area contributed by atoms with Crippen molar-refractivity contribution in [1.82, 2.24) is 0 Å². The van der Waals surface area contributed by atoms with Crippen LogP contribution in [0.25, 0.3) is 0 Å². The van der Waals surface area contributed by atoms with Gasteiger partial charge in [-0.25, -0.2) is 4.79 Å². The van der Waals surface area contributed by atoms with Gasteiger partial charge in [-0.3, -0.25) is 0 Å². The van der Waals surface area contributed by atoms with E-state index in [1.165, 1.54) is 18.5 Å². The summed E-state index contributed by atoms with van der Waals surface area (Å²) in [4.78, 5) is 14.4. The number of carbonyl (C=O) groups is 1. The van der Waals surface area contributed by atoms with E-state index in [1.807, 2.05) is 37.3 Å². The number of anilines is 3. The first-order valence-electron chi connectivity index (χ1n) is 7.81. The number of halogens is 1. The maximum absolute atomic E-state index is 12.1. The Hall–Kier alpha value is -2.01. The zero-order chi connectivity index (χ0) is 16.2. The Labute approximate surface area is 145 Å². The zero-order valence-corrected chi connectivity index (χ0v) is 14.7. The van der Waals surface area contributed by atoms with Crippen LogP contribution in [0.15, 0.2) is 46.9 Å². The minimum Gasteiger partial charge on any atom is -0.372 e. The van der Waals surface area contributed by atoms with Gasteiger partial charge in [0, 0.05) is 34.6 Å². The van der Waals surface area contributed by atoms with Gasteiger partial charge in [0.2, 0.25) is 0 Å². The van der Waals surface area contributed by atoms with Crippen molar-refractivity contribution in [3.05, 3.63) is 52.5 Å². The molecule has 0 radical (unpaired) electrons. The largest absolute Gasteiger partial charge is 0.372 e. The lowest BCUT2D eigenvalue weighted by Gasteiger charge is -2.17. The lowest BCUT2D eigenvalue weighted by molar-refractivity contribution is 0.262. The Morgan fingerprint density at radius 1 is 1.00 bits per heavy atom. The van der Waals surface area contributed by atoms with E-state index in [9.17, 15) is 4.79 Å². The zero-order valence-electron chi connectivity index (χ0n) is 13.1. The minimum absolute atomic E-state index is 0.241. The third-order valence-corrected chi connectivity index (χ3v) is 4.88. The van der Waals surface area contributed by atoms with Gasteiger partial charge in [0.15, 0.2) is 0 Å². The van der Waals surface area contributed by atoms with Crippen LogP contribution in [0.2, 0.25) is 0 Å². The fraction of sp³-hybridized carbons (Fsp3) is 0.278. The van der Waals surface area contributed by atoms with Crippen molar-refractivity contribution in [2.75, 3.05) is 28.6 Å². The topological polar surface area (TPSA) is 44.4 Å². The highest BCUT2D eigenvalue weighted by Gasteiger charge is 2.12. The molecular weight excluding hydrogens is 354 g/mol. The SMILES string of the molecule is Cc1ccc(NC(=O)Nc2ccc(N3CCCC3)cc2)cc1Br. The number of aryl methyl sites for hydroxylation is 1. The summed E-state index contributed by atoms with van der Waals surface area (Å²) in [5.41, 5.74) is 3.90. The van der Waals surface area contributed by atoms with Crippen molar-refractivity contribution in [1.29, 1.82) is 0 Å². The maximum Gasteiger partial charge on any atom is 0.323 e. The predicted octanol–water partition coefficient (Wildman–Crippen LogP) is 5.00. The van der Waals surface area contributed by atoms with Gasteiger partial charge in [-0.2, -0.15) is 0 Å². The highest BCUT2D eigenvalue weighted by atomic mass is 79.9. The van der Waals surface area contributed by atoms with Crippen molar-refractivity contribution >= 4 is 39.0 Å². The normalized spacial score (nSPS) is 13.9. The smallest absolute Gasteiger partial charge is 0.323 e. The molecule has 1 fully saturated rings. The molecule has 0 aromatic heterocycles. The van der Waals surface area contributed by atoms with Crippen LogP contribution in [0.4, 0.5) is 21.9 Å². The van der Waals surface area contributed by atoms with E-state index in [-0.39, 0.29) is 6.03 Å². The first-order valence-corrected chi connectivity index (χ1v) is 8.60. The molecule has 23 heavy (non-hydrogen) atoms. The average molecular weight is 374 g/mol. The standard InChI is InChI=1S/C18H20BrN3O/c1-13-4-5-15(12-17(13)19)21-18(23)20-14-6-8-16(9-7-14)22-10-2-3-11-22/h4-9,12H,2-3,10-11H2,1H3,(H2,20,21,23). The molecule has 2 N–H and O–H groups in total. The Morgan fingerprint density at radius 2 is 1.61 bits per heavy atom. The van der Waals surface area contributed by atoms with Crippen molar-refractivity contribution in [3.8, 4) is 0 Å². The van der Waals surface area contributed by atoms with Crippen LogP contribution in [-0.4, -0.2) is 19.1 Å². The van der Waals surface area contributed by atoms with Crippen LogP contribution in [0.3, 0.4) is 0 Å². The first-order chi connectivity index (χ1) is 11.1. The van der Waals surface area contributed by atoms with Gasteiger partial charge in [-0.1, -0.05) is 22.0 Å². The monoisotopic (exact) mass is 373 g/mol. The highest BCUT2D eigenvalue weighted by Crippen LogP contribution is 2.23. The number of benzene rings is 2. The molecule has 5 heteroatoms. The van der Waals surface area contributed by atoms with Crippen LogP contribution in [-0.2, 0) is 0 Å². The molecule has 4 nitrogen and oxygen atoms in total. The van der Waals surface area contributed by atoms with Crippen LogP contribution < -0.4 is 15.5 Å². The molecule has 0 atom stereocenters. The number of nitrogens with zero attached hydrogens (tertiary/aromatic N) is 1. The molecule has 0 unspecified atom stereocenters. The number of amides is 2. The summed E-state index contributed by atoms with van der Waals surface area (Å²) in [6.45, 7) is 4.25. The number of carbonyl (C=O) groups excluding carboxylic acids is 1. The maximum atomic E-state index is 12.1.